The van der Waals surface area contributed by atoms with Gasteiger partial charge in [-0.25, -0.2) is 13.8 Å². The number of ether oxygens (including phenoxy) is 1. The number of nitrogens with one attached hydrogen (secondary N) is 1. The van der Waals surface area contributed by atoms with Gasteiger partial charge in [-0.05, 0) is 62.4 Å². The van der Waals surface area contributed by atoms with Crippen molar-refractivity contribution in [3.8, 4) is 40.2 Å². The van der Waals surface area contributed by atoms with Crippen molar-refractivity contribution in [3.05, 3.63) is 93.1 Å². The van der Waals surface area contributed by atoms with E-state index in [1.807, 2.05) is 19.9 Å². The van der Waals surface area contributed by atoms with Gasteiger partial charge in [0.05, 0.1) is 27.5 Å². The Kier molecular flexibility index (Phi) is 5.16. The number of fused-ring (bicyclic) bond motifs is 3. The molecule has 1 N–H and O–H groups in total. The Morgan fingerprint density at radius 1 is 0.970 bits per heavy atom. The molecule has 4 aromatic rings. The summed E-state index contributed by atoms with van der Waals surface area (Å²) >= 11 is 12.0. The Labute approximate surface area is 199 Å². The average Bonchev–Trinajstić information content (AvgIpc) is 3.19. The highest BCUT2D eigenvalue weighted by Crippen LogP contribution is 2.45. The lowest BCUT2D eigenvalue weighted by molar-refractivity contribution is 0.101. The second-order valence-corrected chi connectivity index (χ2v) is 8.95. The predicted octanol–water partition coefficient (Wildman–Crippen LogP) is 7.36. The van der Waals surface area contributed by atoms with Crippen molar-refractivity contribution in [2.45, 2.75) is 19.4 Å². The van der Waals surface area contributed by atoms with Gasteiger partial charge in [0.2, 0.25) is 0 Å². The van der Waals surface area contributed by atoms with Crippen molar-refractivity contribution in [2.75, 3.05) is 0 Å². The molecular weight excluding hydrogens is 465 g/mol. The van der Waals surface area contributed by atoms with Crippen LogP contribution in [0.3, 0.4) is 0 Å². The molecule has 0 amide bonds. The molecule has 0 saturated heterocycles. The van der Waals surface area contributed by atoms with Gasteiger partial charge in [0.1, 0.15) is 28.8 Å². The van der Waals surface area contributed by atoms with Crippen LogP contribution >= 0.6 is 23.2 Å². The van der Waals surface area contributed by atoms with E-state index in [-0.39, 0.29) is 16.1 Å². The van der Waals surface area contributed by atoms with Crippen molar-refractivity contribution in [1.82, 2.24) is 9.97 Å². The summed E-state index contributed by atoms with van der Waals surface area (Å²) < 4.78 is 34.8. The number of benzene rings is 3. The SMILES string of the molecule is CC1(C)Oc2cc(C#Cc3ccc(Cl)cc3F)ccc2-c2nc(-c3c(F)cccc3Cl)[nH]c21. The van der Waals surface area contributed by atoms with Gasteiger partial charge in [-0.1, -0.05) is 41.1 Å². The summed E-state index contributed by atoms with van der Waals surface area (Å²) in [5, 5.41) is 0.577. The molecule has 3 nitrogen and oxygen atoms in total. The van der Waals surface area contributed by atoms with Gasteiger partial charge < -0.3 is 9.72 Å². The maximum absolute atomic E-state index is 14.5. The molecule has 1 aliphatic heterocycles. The first-order valence-electron chi connectivity index (χ1n) is 10.1. The van der Waals surface area contributed by atoms with E-state index in [9.17, 15) is 8.78 Å². The minimum absolute atomic E-state index is 0.207. The first-order valence-corrected chi connectivity index (χ1v) is 10.8. The van der Waals surface area contributed by atoms with Crippen molar-refractivity contribution in [1.29, 1.82) is 0 Å². The van der Waals surface area contributed by atoms with Crippen LogP contribution in [0.15, 0.2) is 54.6 Å². The quantitative estimate of drug-likeness (QED) is 0.289. The molecule has 3 aromatic carbocycles. The minimum atomic E-state index is -0.764. The van der Waals surface area contributed by atoms with Crippen LogP contribution in [0.5, 0.6) is 5.75 Å². The first kappa shape index (κ1) is 21.5. The third-order valence-corrected chi connectivity index (χ3v) is 5.93. The maximum Gasteiger partial charge on any atom is 0.145 e. The molecule has 33 heavy (non-hydrogen) atoms. The minimum Gasteiger partial charge on any atom is -0.481 e. The maximum atomic E-state index is 14.5. The number of imidazole rings is 1. The Balaban J connectivity index is 1.58. The molecule has 7 heteroatoms. The van der Waals surface area contributed by atoms with Crippen LogP contribution in [-0.2, 0) is 5.60 Å². The summed E-state index contributed by atoms with van der Waals surface area (Å²) in [7, 11) is 0. The Morgan fingerprint density at radius 3 is 2.55 bits per heavy atom. The number of rotatable bonds is 1. The van der Waals surface area contributed by atoms with Crippen LogP contribution in [0.2, 0.25) is 10.0 Å². The van der Waals surface area contributed by atoms with Crippen LogP contribution in [-0.4, -0.2) is 9.97 Å². The Morgan fingerprint density at radius 2 is 1.79 bits per heavy atom. The highest BCUT2D eigenvalue weighted by atomic mass is 35.5. The number of aromatic amines is 1. The molecule has 1 aromatic heterocycles. The van der Waals surface area contributed by atoms with Crippen molar-refractivity contribution < 1.29 is 13.5 Å². The predicted molar refractivity (Wildman–Crippen MR) is 125 cm³/mol. The van der Waals surface area contributed by atoms with Crippen LogP contribution in [0.1, 0.15) is 30.7 Å². The summed E-state index contributed by atoms with van der Waals surface area (Å²) in [4.78, 5) is 7.86. The van der Waals surface area contributed by atoms with Crippen LogP contribution < -0.4 is 4.74 Å². The highest BCUT2D eigenvalue weighted by Gasteiger charge is 2.36. The van der Waals surface area contributed by atoms with Gasteiger partial charge >= 0.3 is 0 Å². The lowest BCUT2D eigenvalue weighted by Gasteiger charge is -2.31. The number of nitrogens with zero attached hydrogens (tertiary/aromatic N) is 1. The van der Waals surface area contributed by atoms with E-state index in [2.05, 4.69) is 21.8 Å². The number of hydrogen-bond donors (Lipinski definition) is 1. The fourth-order valence-corrected chi connectivity index (χ4v) is 4.19. The van der Waals surface area contributed by atoms with Gasteiger partial charge in [-0.2, -0.15) is 0 Å². The Hall–Kier alpha value is -3.33. The van der Waals surface area contributed by atoms with Crippen LogP contribution in [0, 0.1) is 23.5 Å². The second-order valence-electron chi connectivity index (χ2n) is 8.10. The number of halogens is 4. The van der Waals surface area contributed by atoms with Crippen molar-refractivity contribution in [3.63, 3.8) is 0 Å². The molecule has 0 unspecified atom stereocenters. The summed E-state index contributed by atoms with van der Waals surface area (Å²) in [5.41, 5.74) is 2.44. The third-order valence-electron chi connectivity index (χ3n) is 5.38. The zero-order valence-corrected chi connectivity index (χ0v) is 19.1. The van der Waals surface area contributed by atoms with Gasteiger partial charge in [0, 0.05) is 16.1 Å². The lowest BCUT2D eigenvalue weighted by Crippen LogP contribution is -2.29. The fourth-order valence-electron chi connectivity index (χ4n) is 3.78. The fraction of sp³-hybridized carbons (Fsp3) is 0.115. The zero-order valence-electron chi connectivity index (χ0n) is 17.6. The lowest BCUT2D eigenvalue weighted by atomic mass is 9.94. The molecule has 0 aliphatic carbocycles. The normalized spacial score (nSPS) is 13.4. The average molecular weight is 481 g/mol. The van der Waals surface area contributed by atoms with Crippen LogP contribution in [0.4, 0.5) is 8.78 Å². The molecule has 1 aliphatic rings. The van der Waals surface area contributed by atoms with Gasteiger partial charge in [0.15, 0.2) is 0 Å². The van der Waals surface area contributed by atoms with Crippen molar-refractivity contribution in [2.24, 2.45) is 0 Å². The third kappa shape index (κ3) is 3.86. The van der Waals surface area contributed by atoms with Crippen LogP contribution in [0.25, 0.3) is 22.6 Å². The molecule has 2 heterocycles. The Bertz CT molecular complexity index is 1460. The molecule has 164 valence electrons. The molecule has 0 fully saturated rings. The van der Waals surface area contributed by atoms with Gasteiger partial charge in [-0.15, -0.1) is 0 Å². The standard InChI is InChI=1S/C26H16Cl2F2N2O/c1-26(2)24-23(31-25(32-24)22-18(28)4-3-5-19(22)29)17-11-7-14(12-21(17)33-26)6-8-15-9-10-16(27)13-20(15)30/h3-5,7,9-13H,1-2H3,(H,31,32). The topological polar surface area (TPSA) is 37.9 Å². The smallest absolute Gasteiger partial charge is 0.145 e. The monoisotopic (exact) mass is 480 g/mol. The van der Waals surface area contributed by atoms with E-state index >= 15 is 0 Å². The van der Waals surface area contributed by atoms with Gasteiger partial charge in [0.25, 0.3) is 0 Å². The molecule has 5 rings (SSSR count). The summed E-state index contributed by atoms with van der Waals surface area (Å²) in [6.07, 6.45) is 0. The first-order chi connectivity index (χ1) is 15.7. The van der Waals surface area contributed by atoms with E-state index in [4.69, 9.17) is 27.9 Å². The summed E-state index contributed by atoms with van der Waals surface area (Å²) in [6.45, 7) is 3.78. The number of aromatic nitrogens is 2. The molecule has 0 saturated carbocycles. The van der Waals surface area contributed by atoms with E-state index in [0.717, 1.165) is 5.56 Å². The van der Waals surface area contributed by atoms with E-state index < -0.39 is 17.2 Å². The highest BCUT2D eigenvalue weighted by molar-refractivity contribution is 6.33. The van der Waals surface area contributed by atoms with E-state index in [1.165, 1.54) is 18.2 Å². The number of H-pyrrole nitrogens is 1. The molecule has 0 radical (unpaired) electrons. The molecule has 0 bridgehead atoms. The summed E-state index contributed by atoms with van der Waals surface area (Å²) in [5.74, 6) is 5.74. The summed E-state index contributed by atoms with van der Waals surface area (Å²) in [6, 6.07) is 14.3. The van der Waals surface area contributed by atoms with Crippen molar-refractivity contribution >= 4 is 23.2 Å². The number of hydrogen-bond acceptors (Lipinski definition) is 2. The van der Waals surface area contributed by atoms with E-state index in [1.54, 1.807) is 30.3 Å². The molecule has 0 atom stereocenters. The molecular formula is C26H16Cl2F2N2O. The van der Waals surface area contributed by atoms with Gasteiger partial charge in [-0.3, -0.25) is 0 Å². The second kappa shape index (κ2) is 7.91. The zero-order chi connectivity index (χ0) is 23.3. The molecule has 0 spiro atoms. The van der Waals surface area contributed by atoms with E-state index in [0.29, 0.717) is 33.5 Å². The largest absolute Gasteiger partial charge is 0.481 e.